The van der Waals surface area contributed by atoms with Gasteiger partial charge in [-0.25, -0.2) is 4.39 Å². The van der Waals surface area contributed by atoms with Crippen LogP contribution in [0.4, 0.5) is 10.1 Å². The predicted octanol–water partition coefficient (Wildman–Crippen LogP) is 2.69. The molecule has 2 unspecified atom stereocenters. The Bertz CT molecular complexity index is 466. The van der Waals surface area contributed by atoms with Gasteiger partial charge in [0.1, 0.15) is 5.82 Å². The summed E-state index contributed by atoms with van der Waals surface area (Å²) in [6.45, 7) is 6.53. The molecule has 2 atom stereocenters. The van der Waals surface area contributed by atoms with Crippen LogP contribution in [-0.2, 0) is 11.3 Å². The van der Waals surface area contributed by atoms with Crippen LogP contribution in [0.15, 0.2) is 18.2 Å². The minimum Gasteiger partial charge on any atom is -0.372 e. The zero-order chi connectivity index (χ0) is 14.1. The fraction of sp³-hybridized carbons (Fsp3) is 0.625. The molecule has 2 aliphatic rings. The van der Waals surface area contributed by atoms with E-state index in [1.165, 1.54) is 12.8 Å². The molecule has 1 aliphatic heterocycles. The molecule has 1 aromatic carbocycles. The van der Waals surface area contributed by atoms with Crippen molar-refractivity contribution in [2.24, 2.45) is 0 Å². The van der Waals surface area contributed by atoms with Crippen LogP contribution in [0.2, 0.25) is 0 Å². The van der Waals surface area contributed by atoms with Gasteiger partial charge in [0.25, 0.3) is 0 Å². The second-order valence-electron chi connectivity index (χ2n) is 6.14. The first kappa shape index (κ1) is 13.8. The molecule has 0 bridgehead atoms. The number of nitrogens with one attached hydrogen (secondary N) is 1. The van der Waals surface area contributed by atoms with Crippen LogP contribution in [0.5, 0.6) is 0 Å². The molecule has 1 heterocycles. The van der Waals surface area contributed by atoms with Gasteiger partial charge in [-0.2, -0.15) is 0 Å². The standard InChI is InChI=1S/C16H23FN2O/c1-11-9-19(10-12(2)20-11)16-6-13(5-14(17)7-16)8-18-15-3-4-15/h5-7,11-12,15,18H,3-4,8-10H2,1-2H3. The van der Waals surface area contributed by atoms with Crippen molar-refractivity contribution in [2.45, 2.75) is 51.5 Å². The first-order valence-corrected chi connectivity index (χ1v) is 7.53. The van der Waals surface area contributed by atoms with Crippen LogP contribution < -0.4 is 10.2 Å². The Hall–Kier alpha value is -1.13. The fourth-order valence-electron chi connectivity index (χ4n) is 2.86. The predicted molar refractivity (Wildman–Crippen MR) is 78.5 cm³/mol. The molecule has 0 amide bonds. The average molecular weight is 278 g/mol. The number of nitrogens with zero attached hydrogens (tertiary/aromatic N) is 1. The van der Waals surface area contributed by atoms with E-state index in [-0.39, 0.29) is 18.0 Å². The molecule has 110 valence electrons. The van der Waals surface area contributed by atoms with Gasteiger partial charge < -0.3 is 15.0 Å². The lowest BCUT2D eigenvalue weighted by Gasteiger charge is -2.37. The summed E-state index contributed by atoms with van der Waals surface area (Å²) in [7, 11) is 0. The minimum absolute atomic E-state index is 0.151. The van der Waals surface area contributed by atoms with Crippen LogP contribution in [-0.4, -0.2) is 31.3 Å². The molecular formula is C16H23FN2O. The van der Waals surface area contributed by atoms with Gasteiger partial charge in [-0.3, -0.25) is 0 Å². The quantitative estimate of drug-likeness (QED) is 0.916. The highest BCUT2D eigenvalue weighted by Crippen LogP contribution is 2.24. The maximum absolute atomic E-state index is 13.8. The lowest BCUT2D eigenvalue weighted by atomic mass is 10.1. The van der Waals surface area contributed by atoms with E-state index in [1.54, 1.807) is 12.1 Å². The SMILES string of the molecule is CC1CN(c2cc(F)cc(CNC3CC3)c2)CC(C)O1. The van der Waals surface area contributed by atoms with Crippen molar-refractivity contribution in [3.8, 4) is 0 Å². The highest BCUT2D eigenvalue weighted by Gasteiger charge is 2.23. The Morgan fingerprint density at radius 1 is 1.20 bits per heavy atom. The van der Waals surface area contributed by atoms with Crippen LogP contribution in [0.1, 0.15) is 32.3 Å². The maximum atomic E-state index is 13.8. The molecule has 20 heavy (non-hydrogen) atoms. The molecular weight excluding hydrogens is 255 g/mol. The Kier molecular flexibility index (Phi) is 3.94. The van der Waals surface area contributed by atoms with Crippen LogP contribution in [0.25, 0.3) is 0 Å². The van der Waals surface area contributed by atoms with Gasteiger partial charge in [0, 0.05) is 31.4 Å². The van der Waals surface area contributed by atoms with Crippen molar-refractivity contribution in [3.05, 3.63) is 29.6 Å². The molecule has 0 spiro atoms. The summed E-state index contributed by atoms with van der Waals surface area (Å²) >= 11 is 0. The van der Waals surface area contributed by atoms with Crippen molar-refractivity contribution in [3.63, 3.8) is 0 Å². The van der Waals surface area contributed by atoms with E-state index in [2.05, 4.69) is 30.1 Å². The number of rotatable bonds is 4. The summed E-state index contributed by atoms with van der Waals surface area (Å²) in [6, 6.07) is 6.01. The molecule has 1 aromatic rings. The average Bonchev–Trinajstić information content (AvgIpc) is 3.18. The first-order valence-electron chi connectivity index (χ1n) is 7.53. The topological polar surface area (TPSA) is 24.5 Å². The van der Waals surface area contributed by atoms with Gasteiger partial charge in [0.05, 0.1) is 12.2 Å². The van der Waals surface area contributed by atoms with Crippen molar-refractivity contribution < 1.29 is 9.13 Å². The highest BCUT2D eigenvalue weighted by molar-refractivity contribution is 5.49. The van der Waals surface area contributed by atoms with E-state index in [4.69, 9.17) is 4.74 Å². The van der Waals surface area contributed by atoms with Crippen molar-refractivity contribution in [2.75, 3.05) is 18.0 Å². The van der Waals surface area contributed by atoms with Crippen molar-refractivity contribution in [1.29, 1.82) is 0 Å². The van der Waals surface area contributed by atoms with E-state index in [0.717, 1.165) is 30.9 Å². The molecule has 1 aliphatic carbocycles. The Morgan fingerprint density at radius 2 is 1.90 bits per heavy atom. The monoisotopic (exact) mass is 278 g/mol. The van der Waals surface area contributed by atoms with E-state index < -0.39 is 0 Å². The minimum atomic E-state index is -0.151. The molecule has 1 saturated heterocycles. The molecule has 0 radical (unpaired) electrons. The Morgan fingerprint density at radius 3 is 2.55 bits per heavy atom. The zero-order valence-electron chi connectivity index (χ0n) is 12.2. The third kappa shape index (κ3) is 3.49. The van der Waals surface area contributed by atoms with Crippen LogP contribution in [0.3, 0.4) is 0 Å². The van der Waals surface area contributed by atoms with Gasteiger partial charge in [0.15, 0.2) is 0 Å². The van der Waals surface area contributed by atoms with Crippen LogP contribution in [0, 0.1) is 5.82 Å². The summed E-state index contributed by atoms with van der Waals surface area (Å²) in [4.78, 5) is 2.22. The number of halogens is 1. The number of hydrogen-bond donors (Lipinski definition) is 1. The third-order valence-electron chi connectivity index (χ3n) is 3.90. The fourth-order valence-corrected chi connectivity index (χ4v) is 2.86. The molecule has 2 fully saturated rings. The van der Waals surface area contributed by atoms with Gasteiger partial charge in [0.2, 0.25) is 0 Å². The highest BCUT2D eigenvalue weighted by atomic mass is 19.1. The Labute approximate surface area is 120 Å². The number of hydrogen-bond acceptors (Lipinski definition) is 3. The summed E-state index contributed by atoms with van der Waals surface area (Å²) in [5.41, 5.74) is 2.00. The van der Waals surface area contributed by atoms with Gasteiger partial charge >= 0.3 is 0 Å². The molecule has 3 rings (SSSR count). The zero-order valence-corrected chi connectivity index (χ0v) is 12.2. The number of morpholine rings is 1. The number of ether oxygens (including phenoxy) is 1. The van der Waals surface area contributed by atoms with Gasteiger partial charge in [-0.1, -0.05) is 0 Å². The van der Waals surface area contributed by atoms with Crippen molar-refractivity contribution >= 4 is 5.69 Å². The van der Waals surface area contributed by atoms with Crippen molar-refractivity contribution in [1.82, 2.24) is 5.32 Å². The van der Waals surface area contributed by atoms with Crippen LogP contribution >= 0.6 is 0 Å². The number of anilines is 1. The smallest absolute Gasteiger partial charge is 0.125 e. The normalized spacial score (nSPS) is 26.9. The molecule has 4 heteroatoms. The van der Waals surface area contributed by atoms with E-state index in [1.807, 2.05) is 0 Å². The summed E-state index contributed by atoms with van der Waals surface area (Å²) < 4.78 is 19.6. The van der Waals surface area contributed by atoms with E-state index in [9.17, 15) is 4.39 Å². The lowest BCUT2D eigenvalue weighted by Crippen LogP contribution is -2.45. The second-order valence-corrected chi connectivity index (χ2v) is 6.14. The molecule has 1 saturated carbocycles. The second kappa shape index (κ2) is 5.70. The first-order chi connectivity index (χ1) is 9.60. The number of benzene rings is 1. The summed E-state index contributed by atoms with van der Waals surface area (Å²) in [5, 5.41) is 3.44. The van der Waals surface area contributed by atoms with Gasteiger partial charge in [-0.05, 0) is 50.5 Å². The Balaban J connectivity index is 1.73. The summed E-state index contributed by atoms with van der Waals surface area (Å²) in [6.07, 6.45) is 2.88. The summed E-state index contributed by atoms with van der Waals surface area (Å²) in [5.74, 6) is -0.151. The maximum Gasteiger partial charge on any atom is 0.125 e. The van der Waals surface area contributed by atoms with E-state index >= 15 is 0 Å². The molecule has 0 aromatic heterocycles. The molecule has 1 N–H and O–H groups in total. The van der Waals surface area contributed by atoms with Gasteiger partial charge in [-0.15, -0.1) is 0 Å². The largest absolute Gasteiger partial charge is 0.372 e. The van der Waals surface area contributed by atoms with E-state index in [0.29, 0.717) is 6.04 Å². The lowest BCUT2D eigenvalue weighted by molar-refractivity contribution is -0.00523. The third-order valence-corrected chi connectivity index (χ3v) is 3.90. The molecule has 3 nitrogen and oxygen atoms in total.